The maximum atomic E-state index is 12.7. The summed E-state index contributed by atoms with van der Waals surface area (Å²) >= 11 is 0. The number of nitrogens with one attached hydrogen (secondary N) is 1. The molecule has 26 heavy (non-hydrogen) atoms. The Kier molecular flexibility index (Phi) is 3.68. The van der Waals surface area contributed by atoms with E-state index < -0.39 is 16.8 Å². The van der Waals surface area contributed by atoms with Crippen LogP contribution in [0.15, 0.2) is 30.3 Å². The number of rotatable bonds is 5. The molecular formula is C20H23N3O3. The Morgan fingerprint density at radius 2 is 1.81 bits per heavy atom. The number of hydrogen-bond acceptors (Lipinski definition) is 3. The van der Waals surface area contributed by atoms with Crippen molar-refractivity contribution in [3.63, 3.8) is 0 Å². The predicted octanol–water partition coefficient (Wildman–Crippen LogP) is 2.75. The van der Waals surface area contributed by atoms with Crippen LogP contribution in [-0.2, 0) is 16.1 Å². The summed E-state index contributed by atoms with van der Waals surface area (Å²) in [6, 6.07) is 9.90. The second kappa shape index (κ2) is 5.69. The highest BCUT2D eigenvalue weighted by molar-refractivity contribution is 5.89. The number of carbonyl (C=O) groups excluding carboxylic acids is 1. The highest BCUT2D eigenvalue weighted by Crippen LogP contribution is 2.67. The molecule has 136 valence electrons. The largest absolute Gasteiger partial charge is 0.481 e. The van der Waals surface area contributed by atoms with Gasteiger partial charge in [0.1, 0.15) is 0 Å². The van der Waals surface area contributed by atoms with Crippen LogP contribution in [0.5, 0.6) is 0 Å². The lowest BCUT2D eigenvalue weighted by Crippen LogP contribution is -2.51. The fourth-order valence-electron chi connectivity index (χ4n) is 4.72. The van der Waals surface area contributed by atoms with E-state index in [1.54, 1.807) is 0 Å². The van der Waals surface area contributed by atoms with E-state index in [0.717, 1.165) is 22.6 Å². The maximum absolute atomic E-state index is 12.7. The number of aliphatic carboxylic acids is 1. The van der Waals surface area contributed by atoms with Gasteiger partial charge in [0.15, 0.2) is 0 Å². The summed E-state index contributed by atoms with van der Waals surface area (Å²) in [5, 5.41) is 17.0. The predicted molar refractivity (Wildman–Crippen MR) is 95.9 cm³/mol. The molecule has 1 aromatic carbocycles. The van der Waals surface area contributed by atoms with Crippen LogP contribution in [0.2, 0.25) is 0 Å². The molecule has 2 N–H and O–H groups in total. The Labute approximate surface area is 152 Å². The van der Waals surface area contributed by atoms with Gasteiger partial charge in [0, 0.05) is 17.8 Å². The number of para-hydroxylation sites is 1. The fraction of sp³-hybridized carbons (Fsp3) is 0.450. The van der Waals surface area contributed by atoms with Gasteiger partial charge in [0.2, 0.25) is 5.91 Å². The van der Waals surface area contributed by atoms with E-state index in [-0.39, 0.29) is 5.91 Å². The summed E-state index contributed by atoms with van der Waals surface area (Å²) in [4.78, 5) is 24.1. The molecule has 3 aliphatic carbocycles. The average molecular weight is 353 g/mol. The molecule has 0 unspecified atom stereocenters. The molecule has 1 aromatic heterocycles. The van der Waals surface area contributed by atoms with Gasteiger partial charge in [-0.05, 0) is 51.7 Å². The summed E-state index contributed by atoms with van der Waals surface area (Å²) in [5.74, 6) is -0.771. The van der Waals surface area contributed by atoms with Crippen molar-refractivity contribution in [2.24, 2.45) is 10.8 Å². The molecule has 3 fully saturated rings. The monoisotopic (exact) mass is 353 g/mol. The van der Waals surface area contributed by atoms with Crippen LogP contribution in [0.3, 0.4) is 0 Å². The quantitative estimate of drug-likeness (QED) is 0.866. The number of fused-ring (bicyclic) bond motifs is 1. The minimum atomic E-state index is -0.755. The Morgan fingerprint density at radius 3 is 2.42 bits per heavy atom. The molecule has 3 saturated carbocycles. The van der Waals surface area contributed by atoms with Crippen LogP contribution in [-0.4, -0.2) is 26.8 Å². The standard InChI is InChI=1S/C20H23N3O3/c1-13-16(14(2)23(22-13)15-6-4-3-5-7-15)10-21-17(24)19-8-9-20(11-19,12-19)18(25)26/h3-7H,8-12H2,1-2H3,(H,21,24)(H,25,26). The van der Waals surface area contributed by atoms with E-state index >= 15 is 0 Å². The van der Waals surface area contributed by atoms with Gasteiger partial charge in [-0.1, -0.05) is 18.2 Å². The lowest BCUT2D eigenvalue weighted by Gasteiger charge is -2.43. The second-order valence-corrected chi connectivity index (χ2v) is 7.80. The van der Waals surface area contributed by atoms with E-state index in [9.17, 15) is 14.7 Å². The SMILES string of the molecule is Cc1nn(-c2ccccc2)c(C)c1CNC(=O)C12CCC(C(=O)O)(C1)C2. The van der Waals surface area contributed by atoms with Crippen molar-refractivity contribution in [2.45, 2.75) is 46.1 Å². The van der Waals surface area contributed by atoms with Crippen LogP contribution in [0.1, 0.15) is 42.6 Å². The molecule has 0 saturated heterocycles. The Bertz CT molecular complexity index is 879. The summed E-state index contributed by atoms with van der Waals surface area (Å²) in [6.07, 6.45) is 2.23. The van der Waals surface area contributed by atoms with E-state index in [1.807, 2.05) is 48.9 Å². The minimum Gasteiger partial charge on any atom is -0.481 e. The number of hydrogen-bond donors (Lipinski definition) is 2. The molecule has 6 nitrogen and oxygen atoms in total. The lowest BCUT2D eigenvalue weighted by atomic mass is 9.60. The van der Waals surface area contributed by atoms with Gasteiger partial charge >= 0.3 is 5.97 Å². The van der Waals surface area contributed by atoms with Crippen LogP contribution in [0, 0.1) is 24.7 Å². The van der Waals surface area contributed by atoms with E-state index in [4.69, 9.17) is 0 Å². The Morgan fingerprint density at radius 1 is 1.15 bits per heavy atom. The number of benzene rings is 1. The van der Waals surface area contributed by atoms with Crippen LogP contribution in [0.4, 0.5) is 0 Å². The molecule has 1 heterocycles. The number of nitrogens with zero attached hydrogens (tertiary/aromatic N) is 2. The highest BCUT2D eigenvalue weighted by atomic mass is 16.4. The number of amides is 1. The molecule has 0 spiro atoms. The third-order valence-corrected chi connectivity index (χ3v) is 6.24. The van der Waals surface area contributed by atoms with Crippen molar-refractivity contribution in [1.29, 1.82) is 0 Å². The summed E-state index contributed by atoms with van der Waals surface area (Å²) < 4.78 is 1.89. The third kappa shape index (κ3) is 2.35. The highest BCUT2D eigenvalue weighted by Gasteiger charge is 2.67. The number of aryl methyl sites for hydroxylation is 1. The summed E-state index contributed by atoms with van der Waals surface area (Å²) in [7, 11) is 0. The zero-order valence-corrected chi connectivity index (χ0v) is 15.1. The minimum absolute atomic E-state index is 0.0156. The number of carboxylic acid groups (broad SMARTS) is 1. The van der Waals surface area contributed by atoms with Gasteiger partial charge in [-0.3, -0.25) is 9.59 Å². The summed E-state index contributed by atoms with van der Waals surface area (Å²) in [5.41, 5.74) is 2.78. The van der Waals surface area contributed by atoms with Crippen molar-refractivity contribution in [3.8, 4) is 5.69 Å². The van der Waals surface area contributed by atoms with Gasteiger partial charge in [0.05, 0.1) is 22.2 Å². The Hall–Kier alpha value is -2.63. The molecule has 0 aliphatic heterocycles. The fourth-order valence-corrected chi connectivity index (χ4v) is 4.72. The molecule has 5 rings (SSSR count). The third-order valence-electron chi connectivity index (χ3n) is 6.24. The molecule has 2 aromatic rings. The van der Waals surface area contributed by atoms with Gasteiger partial charge in [0.25, 0.3) is 0 Å². The van der Waals surface area contributed by atoms with E-state index in [0.29, 0.717) is 32.2 Å². The van der Waals surface area contributed by atoms with Crippen molar-refractivity contribution in [3.05, 3.63) is 47.3 Å². The first-order valence-electron chi connectivity index (χ1n) is 8.99. The van der Waals surface area contributed by atoms with Gasteiger partial charge in [-0.15, -0.1) is 0 Å². The zero-order chi connectivity index (χ0) is 18.5. The summed E-state index contributed by atoms with van der Waals surface area (Å²) in [6.45, 7) is 4.37. The first-order valence-corrected chi connectivity index (χ1v) is 8.99. The molecule has 6 heteroatoms. The number of aromatic nitrogens is 2. The molecule has 1 amide bonds. The second-order valence-electron chi connectivity index (χ2n) is 7.80. The van der Waals surface area contributed by atoms with Gasteiger partial charge < -0.3 is 10.4 Å². The first kappa shape index (κ1) is 16.8. The zero-order valence-electron chi connectivity index (χ0n) is 15.1. The van der Waals surface area contributed by atoms with Crippen molar-refractivity contribution in [2.75, 3.05) is 0 Å². The number of carboxylic acids is 1. The normalized spacial score (nSPS) is 26.4. The molecule has 3 aliphatic rings. The molecule has 2 bridgehead atoms. The smallest absolute Gasteiger partial charge is 0.309 e. The van der Waals surface area contributed by atoms with Crippen LogP contribution >= 0.6 is 0 Å². The van der Waals surface area contributed by atoms with Gasteiger partial charge in [-0.2, -0.15) is 5.10 Å². The van der Waals surface area contributed by atoms with Crippen molar-refractivity contribution >= 4 is 11.9 Å². The molecular weight excluding hydrogens is 330 g/mol. The topological polar surface area (TPSA) is 84.2 Å². The van der Waals surface area contributed by atoms with E-state index in [2.05, 4.69) is 10.4 Å². The molecule has 0 atom stereocenters. The Balaban J connectivity index is 1.47. The van der Waals surface area contributed by atoms with Crippen molar-refractivity contribution in [1.82, 2.24) is 15.1 Å². The first-order chi connectivity index (χ1) is 12.4. The van der Waals surface area contributed by atoms with Crippen molar-refractivity contribution < 1.29 is 14.7 Å². The van der Waals surface area contributed by atoms with Crippen LogP contribution < -0.4 is 5.32 Å². The van der Waals surface area contributed by atoms with E-state index in [1.165, 1.54) is 0 Å². The lowest BCUT2D eigenvalue weighted by molar-refractivity contribution is -0.160. The van der Waals surface area contributed by atoms with Gasteiger partial charge in [-0.25, -0.2) is 4.68 Å². The average Bonchev–Trinajstić information content (AvgIpc) is 3.25. The van der Waals surface area contributed by atoms with Crippen LogP contribution in [0.25, 0.3) is 5.69 Å². The molecule has 0 radical (unpaired) electrons. The maximum Gasteiger partial charge on any atom is 0.309 e. The number of carbonyl (C=O) groups is 2.